The van der Waals surface area contributed by atoms with Gasteiger partial charge < -0.3 is 10.0 Å². The number of aliphatic hydroxyl groups excluding tert-OH is 1. The summed E-state index contributed by atoms with van der Waals surface area (Å²) in [5.41, 5.74) is 4.19. The van der Waals surface area contributed by atoms with Crippen molar-refractivity contribution in [3.63, 3.8) is 0 Å². The molecule has 5 nitrogen and oxygen atoms in total. The Hall–Kier alpha value is -2.92. The number of nitrogens with one attached hydrogen (secondary N) is 1. The van der Waals surface area contributed by atoms with Crippen molar-refractivity contribution in [2.75, 3.05) is 13.6 Å². The lowest BCUT2D eigenvalue weighted by atomic mass is 10.1. The van der Waals surface area contributed by atoms with E-state index in [4.69, 9.17) is 0 Å². The summed E-state index contributed by atoms with van der Waals surface area (Å²) in [5.74, 6) is -0.142. The predicted molar refractivity (Wildman–Crippen MR) is 102 cm³/mol. The monoisotopic (exact) mass is 349 g/mol. The van der Waals surface area contributed by atoms with E-state index in [0.717, 1.165) is 16.8 Å². The Bertz CT molecular complexity index is 856. The second-order valence-electron chi connectivity index (χ2n) is 6.47. The summed E-state index contributed by atoms with van der Waals surface area (Å²) >= 11 is 0. The maximum Gasteiger partial charge on any atom is 0.271 e. The highest BCUT2D eigenvalue weighted by atomic mass is 16.3. The number of amides is 1. The molecule has 0 radical (unpaired) electrons. The summed E-state index contributed by atoms with van der Waals surface area (Å²) < 4.78 is 0. The second-order valence-corrected chi connectivity index (χ2v) is 6.47. The van der Waals surface area contributed by atoms with Gasteiger partial charge in [-0.3, -0.25) is 9.89 Å². The van der Waals surface area contributed by atoms with Crippen LogP contribution in [0.15, 0.2) is 60.7 Å². The van der Waals surface area contributed by atoms with E-state index in [0.29, 0.717) is 18.7 Å². The fourth-order valence-electron chi connectivity index (χ4n) is 2.77. The Morgan fingerprint density at radius 1 is 1.15 bits per heavy atom. The SMILES string of the molecule is Cc1ccc(-c2cc(C(=O)N(C)CC[C@@H](O)c3ccccc3)[nH]n2)cc1. The lowest BCUT2D eigenvalue weighted by molar-refractivity contribution is 0.0755. The first-order valence-corrected chi connectivity index (χ1v) is 8.65. The number of benzene rings is 2. The highest BCUT2D eigenvalue weighted by Gasteiger charge is 2.17. The average molecular weight is 349 g/mol. The van der Waals surface area contributed by atoms with Crippen molar-refractivity contribution in [3.05, 3.63) is 77.5 Å². The predicted octanol–water partition coefficient (Wildman–Crippen LogP) is 3.58. The average Bonchev–Trinajstić information content (AvgIpc) is 3.16. The van der Waals surface area contributed by atoms with Gasteiger partial charge in [0.25, 0.3) is 5.91 Å². The highest BCUT2D eigenvalue weighted by Crippen LogP contribution is 2.20. The Kier molecular flexibility index (Phi) is 5.49. The fourth-order valence-corrected chi connectivity index (χ4v) is 2.77. The summed E-state index contributed by atoms with van der Waals surface area (Å²) in [6.45, 7) is 2.48. The number of carbonyl (C=O) groups is 1. The molecule has 3 rings (SSSR count). The first-order chi connectivity index (χ1) is 12.5. The molecule has 0 spiro atoms. The molecule has 0 aliphatic heterocycles. The van der Waals surface area contributed by atoms with Crippen molar-refractivity contribution in [2.45, 2.75) is 19.4 Å². The van der Waals surface area contributed by atoms with E-state index in [1.807, 2.05) is 61.5 Å². The van der Waals surface area contributed by atoms with Crippen molar-refractivity contribution in [3.8, 4) is 11.3 Å². The lowest BCUT2D eigenvalue weighted by Crippen LogP contribution is -2.29. The van der Waals surface area contributed by atoms with Crippen LogP contribution in [0.5, 0.6) is 0 Å². The Morgan fingerprint density at radius 2 is 1.85 bits per heavy atom. The minimum atomic E-state index is -0.587. The van der Waals surface area contributed by atoms with Crippen LogP contribution in [0.1, 0.15) is 34.1 Å². The first kappa shape index (κ1) is 17.9. The zero-order chi connectivity index (χ0) is 18.5. The van der Waals surface area contributed by atoms with Gasteiger partial charge in [-0.2, -0.15) is 5.10 Å². The number of aromatic nitrogens is 2. The van der Waals surface area contributed by atoms with Gasteiger partial charge >= 0.3 is 0 Å². The number of nitrogens with zero attached hydrogens (tertiary/aromatic N) is 2. The summed E-state index contributed by atoms with van der Waals surface area (Å²) in [5, 5.41) is 17.3. The molecule has 134 valence electrons. The molecule has 0 aliphatic carbocycles. The molecule has 2 N–H and O–H groups in total. The summed E-state index contributed by atoms with van der Waals surface area (Å²) in [6.07, 6.45) is -0.109. The van der Waals surface area contributed by atoms with E-state index in [2.05, 4.69) is 10.2 Å². The van der Waals surface area contributed by atoms with Crippen LogP contribution in [0.2, 0.25) is 0 Å². The van der Waals surface area contributed by atoms with Crippen molar-refractivity contribution in [1.82, 2.24) is 15.1 Å². The zero-order valence-electron chi connectivity index (χ0n) is 15.0. The fraction of sp³-hybridized carbons (Fsp3) is 0.238. The third-order valence-corrected chi connectivity index (χ3v) is 4.42. The van der Waals surface area contributed by atoms with Gasteiger partial charge in [-0.15, -0.1) is 0 Å². The van der Waals surface area contributed by atoms with Crippen LogP contribution in [0.3, 0.4) is 0 Å². The number of H-pyrrole nitrogens is 1. The van der Waals surface area contributed by atoms with Gasteiger partial charge in [0.1, 0.15) is 5.69 Å². The molecule has 0 bridgehead atoms. The molecule has 5 heteroatoms. The Labute approximate surface area is 153 Å². The normalized spacial score (nSPS) is 12.0. The van der Waals surface area contributed by atoms with E-state index in [-0.39, 0.29) is 5.91 Å². The van der Waals surface area contributed by atoms with Gasteiger partial charge in [-0.25, -0.2) is 0 Å². The molecular formula is C21H23N3O2. The Morgan fingerprint density at radius 3 is 2.54 bits per heavy atom. The largest absolute Gasteiger partial charge is 0.388 e. The molecule has 0 saturated heterocycles. The van der Waals surface area contributed by atoms with E-state index in [9.17, 15) is 9.90 Å². The summed E-state index contributed by atoms with van der Waals surface area (Å²) in [6, 6.07) is 19.2. The van der Waals surface area contributed by atoms with Crippen molar-refractivity contribution in [1.29, 1.82) is 0 Å². The third-order valence-electron chi connectivity index (χ3n) is 4.42. The van der Waals surface area contributed by atoms with Crippen molar-refractivity contribution >= 4 is 5.91 Å². The Balaban J connectivity index is 1.61. The highest BCUT2D eigenvalue weighted by molar-refractivity contribution is 5.93. The number of aliphatic hydroxyl groups is 1. The van der Waals surface area contributed by atoms with Gasteiger partial charge in [0.15, 0.2) is 0 Å². The lowest BCUT2D eigenvalue weighted by Gasteiger charge is -2.18. The summed E-state index contributed by atoms with van der Waals surface area (Å²) in [7, 11) is 1.73. The molecule has 1 atom stereocenters. The molecule has 1 heterocycles. The van der Waals surface area contributed by atoms with Crippen LogP contribution in [-0.2, 0) is 0 Å². The minimum absolute atomic E-state index is 0.142. The van der Waals surface area contributed by atoms with E-state index in [1.165, 1.54) is 5.56 Å². The molecule has 2 aromatic carbocycles. The van der Waals surface area contributed by atoms with Crippen LogP contribution in [0, 0.1) is 6.92 Å². The van der Waals surface area contributed by atoms with Crippen molar-refractivity contribution in [2.24, 2.45) is 0 Å². The van der Waals surface area contributed by atoms with Crippen LogP contribution in [0.25, 0.3) is 11.3 Å². The van der Waals surface area contributed by atoms with Crippen LogP contribution < -0.4 is 0 Å². The minimum Gasteiger partial charge on any atom is -0.388 e. The van der Waals surface area contributed by atoms with E-state index in [1.54, 1.807) is 18.0 Å². The van der Waals surface area contributed by atoms with E-state index >= 15 is 0 Å². The molecule has 0 unspecified atom stereocenters. The van der Waals surface area contributed by atoms with Gasteiger partial charge in [-0.1, -0.05) is 60.2 Å². The second kappa shape index (κ2) is 7.97. The molecule has 0 fully saturated rings. The van der Waals surface area contributed by atoms with Gasteiger partial charge in [0.2, 0.25) is 0 Å². The van der Waals surface area contributed by atoms with Crippen LogP contribution in [-0.4, -0.2) is 39.7 Å². The van der Waals surface area contributed by atoms with Crippen molar-refractivity contribution < 1.29 is 9.90 Å². The van der Waals surface area contributed by atoms with Crippen LogP contribution >= 0.6 is 0 Å². The quantitative estimate of drug-likeness (QED) is 0.715. The van der Waals surface area contributed by atoms with Gasteiger partial charge in [0.05, 0.1) is 11.8 Å². The third kappa shape index (κ3) is 4.18. The molecular weight excluding hydrogens is 326 g/mol. The number of carbonyl (C=O) groups excluding carboxylic acids is 1. The molecule has 1 amide bonds. The smallest absolute Gasteiger partial charge is 0.271 e. The zero-order valence-corrected chi connectivity index (χ0v) is 15.0. The maximum atomic E-state index is 12.6. The summed E-state index contributed by atoms with van der Waals surface area (Å²) in [4.78, 5) is 14.2. The van der Waals surface area contributed by atoms with E-state index < -0.39 is 6.10 Å². The number of aryl methyl sites for hydroxylation is 1. The molecule has 0 saturated carbocycles. The van der Waals surface area contributed by atoms with Gasteiger partial charge in [-0.05, 0) is 25.0 Å². The standard InChI is InChI=1S/C21H23N3O2/c1-15-8-10-16(11-9-15)18-14-19(23-22-18)21(26)24(2)13-12-20(25)17-6-4-3-5-7-17/h3-11,14,20,25H,12-13H2,1-2H3,(H,22,23)/t20-/m1/s1. The molecule has 26 heavy (non-hydrogen) atoms. The number of rotatable bonds is 6. The number of hydrogen-bond donors (Lipinski definition) is 2. The number of aromatic amines is 1. The molecule has 1 aromatic heterocycles. The first-order valence-electron chi connectivity index (χ1n) is 8.65. The number of hydrogen-bond acceptors (Lipinski definition) is 3. The van der Waals surface area contributed by atoms with Crippen LogP contribution in [0.4, 0.5) is 0 Å². The molecule has 3 aromatic rings. The van der Waals surface area contributed by atoms with Gasteiger partial charge in [0, 0.05) is 19.2 Å². The topological polar surface area (TPSA) is 69.2 Å². The maximum absolute atomic E-state index is 12.6. The molecule has 0 aliphatic rings.